The second-order valence-corrected chi connectivity index (χ2v) is 13.5. The summed E-state index contributed by atoms with van der Waals surface area (Å²) in [5.41, 5.74) is 1.17. The van der Waals surface area contributed by atoms with Crippen molar-refractivity contribution in [3.05, 3.63) is 23.2 Å². The molecule has 0 saturated carbocycles. The number of rotatable bonds is 13. The summed E-state index contributed by atoms with van der Waals surface area (Å²) in [7, 11) is 0. The summed E-state index contributed by atoms with van der Waals surface area (Å²) in [6.07, 6.45) is 1.03. The molecule has 42 heavy (non-hydrogen) atoms. The van der Waals surface area contributed by atoms with Crippen molar-refractivity contribution in [3.63, 3.8) is 0 Å². The van der Waals surface area contributed by atoms with Crippen molar-refractivity contribution in [2.24, 2.45) is 0 Å². The lowest BCUT2D eigenvalue weighted by molar-refractivity contribution is 0.288. The Labute approximate surface area is 254 Å². The summed E-state index contributed by atoms with van der Waals surface area (Å²) in [6.45, 7) is 34.6. The highest BCUT2D eigenvalue weighted by Crippen LogP contribution is 2.17. The zero-order valence-corrected chi connectivity index (χ0v) is 29.4. The molecular formula is C32H60N8O2+2. The zero-order valence-electron chi connectivity index (χ0n) is 29.4. The number of aryl methyl sites for hydroxylation is 2. The first kappa shape index (κ1) is 35.4. The smallest absolute Gasteiger partial charge is 0.374 e. The third-order valence-electron chi connectivity index (χ3n) is 7.17. The number of anilines is 2. The second kappa shape index (κ2) is 15.1. The molecule has 0 saturated heterocycles. The van der Waals surface area contributed by atoms with Gasteiger partial charge in [-0.2, -0.15) is 9.97 Å². The van der Waals surface area contributed by atoms with Crippen LogP contribution in [-0.4, -0.2) is 68.3 Å². The Kier molecular flexibility index (Phi) is 12.7. The van der Waals surface area contributed by atoms with E-state index in [9.17, 15) is 0 Å². The van der Waals surface area contributed by atoms with Crippen LogP contribution in [0.5, 0.6) is 0 Å². The molecule has 0 spiro atoms. The number of hydrogen-bond acceptors (Lipinski definition) is 8. The predicted molar refractivity (Wildman–Crippen MR) is 173 cm³/mol. The Morgan fingerprint density at radius 3 is 0.929 bits per heavy atom. The molecule has 0 unspecified atom stereocenters. The Balaban J connectivity index is 2.78. The molecule has 10 heteroatoms. The molecule has 2 aromatic rings. The molecular weight excluding hydrogens is 528 g/mol. The van der Waals surface area contributed by atoms with Crippen LogP contribution in [0.4, 0.5) is 11.9 Å². The highest BCUT2D eigenvalue weighted by Gasteiger charge is 2.28. The van der Waals surface area contributed by atoms with Crippen LogP contribution in [0.15, 0.2) is 8.83 Å². The normalized spacial score (nSPS) is 12.3. The van der Waals surface area contributed by atoms with Gasteiger partial charge >= 0.3 is 23.3 Å². The Morgan fingerprint density at radius 2 is 0.714 bits per heavy atom. The fourth-order valence-corrected chi connectivity index (χ4v) is 5.82. The van der Waals surface area contributed by atoms with Crippen molar-refractivity contribution in [3.8, 4) is 0 Å². The summed E-state index contributed by atoms with van der Waals surface area (Å²) in [6, 6.07) is 1.80. The minimum Gasteiger partial charge on any atom is -0.374 e. The van der Waals surface area contributed by atoms with Crippen LogP contribution in [0.1, 0.15) is 123 Å². The molecule has 2 rings (SSSR count). The van der Waals surface area contributed by atoms with Crippen molar-refractivity contribution in [2.45, 2.75) is 172 Å². The summed E-state index contributed by atoms with van der Waals surface area (Å²) < 4.78 is 17.2. The van der Waals surface area contributed by atoms with Gasteiger partial charge in [-0.25, -0.2) is 9.15 Å². The van der Waals surface area contributed by atoms with Crippen LogP contribution < -0.4 is 30.3 Å². The van der Waals surface area contributed by atoms with Gasteiger partial charge < -0.3 is 18.6 Å². The third-order valence-corrected chi connectivity index (χ3v) is 7.17. The molecule has 238 valence electrons. The zero-order chi connectivity index (χ0) is 32.0. The van der Waals surface area contributed by atoms with E-state index in [1.807, 2.05) is 0 Å². The monoisotopic (exact) mass is 588 g/mol. The van der Waals surface area contributed by atoms with Crippen LogP contribution in [0.3, 0.4) is 0 Å². The third kappa shape index (κ3) is 8.86. The highest BCUT2D eigenvalue weighted by molar-refractivity contribution is 5.32. The van der Waals surface area contributed by atoms with Gasteiger partial charge in [0.1, 0.15) is 0 Å². The van der Waals surface area contributed by atoms with Gasteiger partial charge in [-0.05, 0) is 111 Å². The number of aromatic nitrogens is 4. The topological polar surface area (TPSA) is 90.3 Å². The first-order valence-electron chi connectivity index (χ1n) is 16.0. The van der Waals surface area contributed by atoms with Crippen LogP contribution in [0.2, 0.25) is 0 Å². The van der Waals surface area contributed by atoms with E-state index in [1.165, 1.54) is 0 Å². The summed E-state index contributed by atoms with van der Waals surface area (Å²) in [4.78, 5) is 24.2. The van der Waals surface area contributed by atoms with Gasteiger partial charge in [-0.15, -0.1) is 0 Å². The first-order chi connectivity index (χ1) is 19.5. The van der Waals surface area contributed by atoms with E-state index in [1.54, 1.807) is 0 Å². The molecule has 0 aromatic carbocycles. The summed E-state index contributed by atoms with van der Waals surface area (Å²) in [5, 5.41) is 0. The highest BCUT2D eigenvalue weighted by atomic mass is 16.4. The molecule has 2 heterocycles. The first-order valence-corrected chi connectivity index (χ1v) is 16.0. The van der Waals surface area contributed by atoms with E-state index in [0.29, 0.717) is 47.9 Å². The molecule has 0 radical (unpaired) electrons. The van der Waals surface area contributed by atoms with E-state index in [0.717, 1.165) is 0 Å². The summed E-state index contributed by atoms with van der Waals surface area (Å²) in [5.74, 6) is 2.58. The maximum Gasteiger partial charge on any atom is 0.504 e. The van der Waals surface area contributed by atoms with Crippen LogP contribution >= 0.6 is 0 Å². The number of nitrogens with zero attached hydrogens (tertiary/aromatic N) is 8. The molecule has 2 aromatic heterocycles. The molecule has 0 aliphatic heterocycles. The molecule has 0 fully saturated rings. The van der Waals surface area contributed by atoms with Crippen molar-refractivity contribution in [2.75, 3.05) is 9.80 Å². The average Bonchev–Trinajstić information content (AvgIpc) is 2.80. The molecule has 0 aliphatic rings. The van der Waals surface area contributed by atoms with Crippen molar-refractivity contribution in [1.29, 1.82) is 0 Å². The standard InChI is InChI=1S/C32H60N8O2/c1-19(2)37(20(3)4)29-33-27(41-31(35-29)39(23(9)10)24(11)12)17-18-28-34-30(38(21(5)6)22(7)8)36-32(42-28)40(25(13)14)26(15)16/h19-26H,17-18H2,1-16H3/q+2. The molecule has 0 aliphatic carbocycles. The Bertz CT molecular complexity index is 1150. The minimum absolute atomic E-state index is 0.217. The van der Waals surface area contributed by atoms with Crippen LogP contribution in [0, 0.1) is 0 Å². The van der Waals surface area contributed by atoms with Gasteiger partial charge in [-0.1, -0.05) is 0 Å². The largest absolute Gasteiger partial charge is 0.504 e. The molecule has 0 atom stereocenters. The maximum atomic E-state index is 6.41. The van der Waals surface area contributed by atoms with E-state index >= 15 is 0 Å². The molecule has 0 N–H and O–H groups in total. The SMILES string of the molecule is CC(C)N(c1nc(CCc2nc(N(C(C)C)C(C)C)nc(=[N+](C(C)C)C(C)C)o2)oc(=[N+](C(C)C)C(C)C)n1)C(C)C. The van der Waals surface area contributed by atoms with Crippen molar-refractivity contribution >= 4 is 11.9 Å². The fourth-order valence-electron chi connectivity index (χ4n) is 5.82. The second-order valence-electron chi connectivity index (χ2n) is 13.5. The maximum absolute atomic E-state index is 6.41. The Morgan fingerprint density at radius 1 is 0.452 bits per heavy atom. The lowest BCUT2D eigenvalue weighted by Crippen LogP contribution is -2.45. The van der Waals surface area contributed by atoms with Gasteiger partial charge in [0.15, 0.2) is 0 Å². The predicted octanol–water partition coefficient (Wildman–Crippen LogP) is 4.66. The molecule has 0 amide bonds. The lowest BCUT2D eigenvalue weighted by Gasteiger charge is -2.28. The van der Waals surface area contributed by atoms with E-state index in [4.69, 9.17) is 28.8 Å². The average molecular weight is 589 g/mol. The Hall–Kier alpha value is -2.78. The lowest BCUT2D eigenvalue weighted by atomic mass is 10.2. The quantitative estimate of drug-likeness (QED) is 0.312. The van der Waals surface area contributed by atoms with Gasteiger partial charge in [0, 0.05) is 47.0 Å². The van der Waals surface area contributed by atoms with Crippen LogP contribution in [0.25, 0.3) is 0 Å². The van der Waals surface area contributed by atoms with Gasteiger partial charge in [0.05, 0.1) is 24.2 Å². The summed E-state index contributed by atoms with van der Waals surface area (Å²) >= 11 is 0. The van der Waals surface area contributed by atoms with Gasteiger partial charge in [0.2, 0.25) is 11.8 Å². The van der Waals surface area contributed by atoms with Gasteiger partial charge in [-0.3, -0.25) is 0 Å². The molecule has 10 nitrogen and oxygen atoms in total. The van der Waals surface area contributed by atoms with Crippen molar-refractivity contribution in [1.82, 2.24) is 29.1 Å². The molecule has 0 bridgehead atoms. The minimum atomic E-state index is 0.217. The van der Waals surface area contributed by atoms with E-state index in [-0.39, 0.29) is 48.3 Å². The van der Waals surface area contributed by atoms with Gasteiger partial charge in [0.25, 0.3) is 0 Å². The van der Waals surface area contributed by atoms with Crippen LogP contribution in [-0.2, 0) is 12.8 Å². The number of hydrogen-bond donors (Lipinski definition) is 0. The van der Waals surface area contributed by atoms with E-state index in [2.05, 4.69) is 130 Å². The van der Waals surface area contributed by atoms with Crippen molar-refractivity contribution < 1.29 is 8.83 Å². The van der Waals surface area contributed by atoms with E-state index < -0.39 is 0 Å². The fraction of sp³-hybridized carbons (Fsp3) is 0.812.